The SMILES string of the molecule is CCCC(C)CC(CCC)C(CC(=O)O)(NCc1ccccc1)NCc1ccccc1. The molecule has 4 nitrogen and oxygen atoms in total. The van der Waals surface area contributed by atoms with Gasteiger partial charge in [-0.1, -0.05) is 101 Å². The summed E-state index contributed by atoms with van der Waals surface area (Å²) in [6.07, 6.45) is 5.41. The molecule has 2 aromatic carbocycles. The summed E-state index contributed by atoms with van der Waals surface area (Å²) in [5.41, 5.74) is 1.65. The van der Waals surface area contributed by atoms with Crippen LogP contribution in [0.25, 0.3) is 0 Å². The van der Waals surface area contributed by atoms with Gasteiger partial charge < -0.3 is 5.11 Å². The van der Waals surface area contributed by atoms with Crippen LogP contribution in [0.1, 0.15) is 70.4 Å². The highest BCUT2D eigenvalue weighted by Gasteiger charge is 2.40. The van der Waals surface area contributed by atoms with E-state index in [0.29, 0.717) is 19.0 Å². The van der Waals surface area contributed by atoms with E-state index in [1.807, 2.05) is 36.4 Å². The summed E-state index contributed by atoms with van der Waals surface area (Å²) >= 11 is 0. The Bertz CT molecular complexity index is 705. The topological polar surface area (TPSA) is 61.4 Å². The van der Waals surface area contributed by atoms with Crippen LogP contribution < -0.4 is 10.6 Å². The number of carbonyl (C=O) groups is 1. The molecule has 0 heterocycles. The molecule has 170 valence electrons. The lowest BCUT2D eigenvalue weighted by atomic mass is 9.78. The van der Waals surface area contributed by atoms with Crippen molar-refractivity contribution in [2.45, 2.75) is 78.0 Å². The van der Waals surface area contributed by atoms with Crippen molar-refractivity contribution in [2.75, 3.05) is 0 Å². The fourth-order valence-electron chi connectivity index (χ4n) is 4.58. The highest BCUT2D eigenvalue weighted by atomic mass is 16.4. The maximum atomic E-state index is 12.1. The lowest BCUT2D eigenvalue weighted by Gasteiger charge is -2.43. The summed E-state index contributed by atoms with van der Waals surface area (Å²) in [4.78, 5) is 12.1. The summed E-state index contributed by atoms with van der Waals surface area (Å²) in [5, 5.41) is 17.3. The van der Waals surface area contributed by atoms with E-state index in [-0.39, 0.29) is 12.3 Å². The normalized spacial score (nSPS) is 13.6. The van der Waals surface area contributed by atoms with Crippen molar-refractivity contribution in [2.24, 2.45) is 11.8 Å². The number of nitrogens with one attached hydrogen (secondary N) is 2. The molecule has 0 fully saturated rings. The highest BCUT2D eigenvalue weighted by molar-refractivity contribution is 5.68. The smallest absolute Gasteiger partial charge is 0.306 e. The second-order valence-corrected chi connectivity index (χ2v) is 8.84. The van der Waals surface area contributed by atoms with Gasteiger partial charge in [-0.3, -0.25) is 15.4 Å². The first kappa shape index (κ1) is 25.1. The summed E-state index contributed by atoms with van der Waals surface area (Å²) in [6.45, 7) is 7.98. The van der Waals surface area contributed by atoms with Crippen LogP contribution in [0.2, 0.25) is 0 Å². The molecule has 3 N–H and O–H groups in total. The Morgan fingerprint density at radius 1 is 0.871 bits per heavy atom. The standard InChI is InChI=1S/C27H40N2O2/c1-4-12-22(3)18-25(13-5-2)27(19-26(30)31,28-20-23-14-8-6-9-15-23)29-21-24-16-10-7-11-17-24/h6-11,14-17,22,25,28-29H,4-5,12-13,18-21H2,1-3H3,(H,30,31). The van der Waals surface area contributed by atoms with Crippen molar-refractivity contribution in [1.82, 2.24) is 10.6 Å². The van der Waals surface area contributed by atoms with Crippen LogP contribution in [0.4, 0.5) is 0 Å². The molecule has 0 saturated carbocycles. The van der Waals surface area contributed by atoms with Gasteiger partial charge in [0.25, 0.3) is 0 Å². The predicted octanol–water partition coefficient (Wildman–Crippen LogP) is 5.98. The Kier molecular flexibility index (Phi) is 10.8. The van der Waals surface area contributed by atoms with Gasteiger partial charge in [-0.05, 0) is 35.8 Å². The third-order valence-electron chi connectivity index (χ3n) is 6.13. The molecule has 31 heavy (non-hydrogen) atoms. The summed E-state index contributed by atoms with van der Waals surface area (Å²) in [6, 6.07) is 20.5. The number of rotatable bonds is 15. The second-order valence-electron chi connectivity index (χ2n) is 8.84. The molecule has 0 aliphatic heterocycles. The van der Waals surface area contributed by atoms with Gasteiger partial charge in [0.1, 0.15) is 0 Å². The monoisotopic (exact) mass is 424 g/mol. The highest BCUT2D eigenvalue weighted by Crippen LogP contribution is 2.32. The number of carboxylic acids is 1. The van der Waals surface area contributed by atoms with Crippen molar-refractivity contribution >= 4 is 5.97 Å². The van der Waals surface area contributed by atoms with E-state index >= 15 is 0 Å². The van der Waals surface area contributed by atoms with E-state index in [4.69, 9.17) is 0 Å². The Morgan fingerprint density at radius 3 is 1.77 bits per heavy atom. The quantitative estimate of drug-likeness (QED) is 0.308. The van der Waals surface area contributed by atoms with Gasteiger partial charge >= 0.3 is 5.97 Å². The number of hydrogen-bond donors (Lipinski definition) is 3. The van der Waals surface area contributed by atoms with Crippen LogP contribution in [0.3, 0.4) is 0 Å². The van der Waals surface area contributed by atoms with Crippen LogP contribution in [-0.4, -0.2) is 16.7 Å². The lowest BCUT2D eigenvalue weighted by Crippen LogP contribution is -2.62. The molecule has 0 spiro atoms. The zero-order chi connectivity index (χ0) is 22.5. The molecule has 2 atom stereocenters. The average Bonchev–Trinajstić information content (AvgIpc) is 2.77. The fourth-order valence-corrected chi connectivity index (χ4v) is 4.58. The molecule has 0 aliphatic rings. The molecule has 0 aliphatic carbocycles. The molecular formula is C27H40N2O2. The third kappa shape index (κ3) is 8.47. The first-order valence-corrected chi connectivity index (χ1v) is 11.8. The summed E-state index contributed by atoms with van der Waals surface area (Å²) in [7, 11) is 0. The fraction of sp³-hybridized carbons (Fsp3) is 0.519. The maximum Gasteiger partial charge on any atom is 0.306 e. The second kappa shape index (κ2) is 13.3. The maximum absolute atomic E-state index is 12.1. The number of benzene rings is 2. The van der Waals surface area contributed by atoms with Gasteiger partial charge in [0.05, 0.1) is 12.1 Å². The van der Waals surface area contributed by atoms with E-state index in [1.165, 1.54) is 6.42 Å². The molecule has 0 saturated heterocycles. The van der Waals surface area contributed by atoms with Gasteiger partial charge in [-0.2, -0.15) is 0 Å². The minimum Gasteiger partial charge on any atom is -0.481 e. The molecule has 2 rings (SSSR count). The minimum atomic E-state index is -0.773. The molecule has 4 heteroatoms. The molecule has 0 aromatic heterocycles. The number of carboxylic acid groups (broad SMARTS) is 1. The first-order chi connectivity index (χ1) is 15.0. The van der Waals surface area contributed by atoms with E-state index < -0.39 is 11.6 Å². The Morgan fingerprint density at radius 2 is 1.35 bits per heavy atom. The predicted molar refractivity (Wildman–Crippen MR) is 129 cm³/mol. The van der Waals surface area contributed by atoms with Gasteiger partial charge in [0.2, 0.25) is 0 Å². The van der Waals surface area contributed by atoms with Gasteiger partial charge in [0.15, 0.2) is 0 Å². The van der Waals surface area contributed by atoms with Crippen molar-refractivity contribution < 1.29 is 9.90 Å². The van der Waals surface area contributed by atoms with E-state index in [1.54, 1.807) is 0 Å². The number of hydrogen-bond acceptors (Lipinski definition) is 3. The molecule has 0 amide bonds. The molecule has 2 unspecified atom stereocenters. The Hall–Kier alpha value is -2.17. The van der Waals surface area contributed by atoms with Crippen molar-refractivity contribution in [3.8, 4) is 0 Å². The van der Waals surface area contributed by atoms with Crippen molar-refractivity contribution in [3.05, 3.63) is 71.8 Å². The molecular weight excluding hydrogens is 384 g/mol. The van der Waals surface area contributed by atoms with Crippen molar-refractivity contribution in [3.63, 3.8) is 0 Å². The van der Waals surface area contributed by atoms with Crippen LogP contribution >= 0.6 is 0 Å². The minimum absolute atomic E-state index is 0.0518. The van der Waals surface area contributed by atoms with Crippen LogP contribution in [0, 0.1) is 11.8 Å². The zero-order valence-electron chi connectivity index (χ0n) is 19.4. The Labute approximate surface area is 188 Å². The van der Waals surface area contributed by atoms with E-state index in [2.05, 4.69) is 55.7 Å². The summed E-state index contributed by atoms with van der Waals surface area (Å²) < 4.78 is 0. The lowest BCUT2D eigenvalue weighted by molar-refractivity contribution is -0.140. The molecule has 0 bridgehead atoms. The summed E-state index contributed by atoms with van der Waals surface area (Å²) in [5.74, 6) is 0.0136. The van der Waals surface area contributed by atoms with Gasteiger partial charge in [-0.25, -0.2) is 0 Å². The first-order valence-electron chi connectivity index (χ1n) is 11.8. The zero-order valence-corrected chi connectivity index (χ0v) is 19.4. The Balaban J connectivity index is 2.34. The average molecular weight is 425 g/mol. The van der Waals surface area contributed by atoms with Crippen LogP contribution in [0.15, 0.2) is 60.7 Å². The van der Waals surface area contributed by atoms with Crippen molar-refractivity contribution in [1.29, 1.82) is 0 Å². The van der Waals surface area contributed by atoms with E-state index in [0.717, 1.165) is 36.8 Å². The van der Waals surface area contributed by atoms with Gasteiger partial charge in [-0.15, -0.1) is 0 Å². The van der Waals surface area contributed by atoms with Gasteiger partial charge in [0, 0.05) is 13.1 Å². The third-order valence-corrected chi connectivity index (χ3v) is 6.13. The van der Waals surface area contributed by atoms with E-state index in [9.17, 15) is 9.90 Å². The van der Waals surface area contributed by atoms with Crippen LogP contribution in [-0.2, 0) is 17.9 Å². The number of aliphatic carboxylic acids is 1. The molecule has 0 radical (unpaired) electrons. The largest absolute Gasteiger partial charge is 0.481 e. The molecule has 2 aromatic rings. The van der Waals surface area contributed by atoms with Crippen LogP contribution in [0.5, 0.6) is 0 Å².